The van der Waals surface area contributed by atoms with Crippen LogP contribution in [0.15, 0.2) is 0 Å². The molecule has 0 saturated carbocycles. The monoisotopic (exact) mass is 762 g/mol. The van der Waals surface area contributed by atoms with Gasteiger partial charge >= 0.3 is 0 Å². The summed E-state index contributed by atoms with van der Waals surface area (Å²) in [6, 6.07) is 0. The number of aliphatic hydroxyl groups is 1. The molecule has 0 bridgehead atoms. The molecule has 0 aromatic heterocycles. The fourth-order valence-corrected chi connectivity index (χ4v) is 16.3. The number of hydrogen-bond acceptors (Lipinski definition) is 17. The van der Waals surface area contributed by atoms with E-state index >= 15 is 0 Å². The lowest BCUT2D eigenvalue weighted by Gasteiger charge is -2.05. The maximum Gasteiger partial charge on any atom is 0.199 e. The van der Waals surface area contributed by atoms with Crippen LogP contribution in [0, 0.1) is 0 Å². The van der Waals surface area contributed by atoms with Crippen LogP contribution in [0.3, 0.4) is 0 Å². The summed E-state index contributed by atoms with van der Waals surface area (Å²) in [5.41, 5.74) is 0. The highest BCUT2D eigenvalue weighted by Gasteiger charge is 2.04. The highest BCUT2D eigenvalue weighted by atomic mass is 32.3. The number of aliphatic hydroxyl groups excluding tert-OH is 1. The summed E-state index contributed by atoms with van der Waals surface area (Å²) < 4.78 is 11.8. The minimum Gasteiger partial charge on any atom is -0.386 e. The molecule has 0 saturated heterocycles. The Hall–Kier alpha value is 3.90. The second kappa shape index (κ2) is 36.1. The van der Waals surface area contributed by atoms with Crippen molar-refractivity contribution in [2.45, 2.75) is 6.92 Å². The van der Waals surface area contributed by atoms with E-state index in [0.717, 1.165) is 68.8 Å². The van der Waals surface area contributed by atoms with Crippen molar-refractivity contribution in [2.24, 2.45) is 0 Å². The molecule has 0 amide bonds. The molecule has 18 heteroatoms. The van der Waals surface area contributed by atoms with Crippen LogP contribution in [0.5, 0.6) is 0 Å². The number of carbonyl (C=O) groups excluding carboxylic acids is 1. The van der Waals surface area contributed by atoms with Gasteiger partial charge in [-0.25, -0.2) is 9.78 Å². The van der Waals surface area contributed by atoms with Crippen molar-refractivity contribution in [3.8, 4) is 0 Å². The summed E-state index contributed by atoms with van der Waals surface area (Å²) in [4.78, 5) is 22.1. The van der Waals surface area contributed by atoms with Gasteiger partial charge in [-0.15, -0.1) is 118 Å². The minimum atomic E-state index is -0.681. The highest BCUT2D eigenvalue weighted by molar-refractivity contribution is 8.31. The van der Waals surface area contributed by atoms with Gasteiger partial charge in [0.25, 0.3) is 0 Å². The fourth-order valence-electron chi connectivity index (χ4n) is 1.69. The summed E-state index contributed by atoms with van der Waals surface area (Å²) in [7, 11) is -0.681. The molecule has 0 aromatic rings. The quantitative estimate of drug-likeness (QED) is 0.0327. The smallest absolute Gasteiger partial charge is 0.199 e. The van der Waals surface area contributed by atoms with Crippen LogP contribution in [0.2, 0.25) is 0 Å². The Morgan fingerprint density at radius 1 is 0.703 bits per heavy atom. The third kappa shape index (κ3) is 36.0. The van der Waals surface area contributed by atoms with Gasteiger partial charge in [-0.3, -0.25) is 9.00 Å². The summed E-state index contributed by atoms with van der Waals surface area (Å²) in [6.45, 7) is 2.72. The number of carbonyl (C=O) groups is 1. The first-order chi connectivity index (χ1) is 18.2. The van der Waals surface area contributed by atoms with Crippen molar-refractivity contribution in [1.29, 1.82) is 0 Å². The molecule has 0 heterocycles. The van der Waals surface area contributed by atoms with E-state index in [9.17, 15) is 9.00 Å². The Morgan fingerprint density at radius 3 is 2.03 bits per heavy atom. The SMILES string of the molecule is CCSCCS(=O)CSCSCSCSCSC(=O)CSCSCSCSCCOOCSCSCO. The zero-order chi connectivity index (χ0) is 27.1. The molecular formula is C19H38O5S13. The van der Waals surface area contributed by atoms with Crippen molar-refractivity contribution in [3.63, 3.8) is 0 Å². The molecule has 0 aliphatic carbocycles. The first-order valence-electron chi connectivity index (χ1n) is 10.9. The average molecular weight is 763 g/mol. The molecule has 1 unspecified atom stereocenters. The molecule has 0 radical (unpaired) electrons. The number of rotatable bonds is 31. The predicted molar refractivity (Wildman–Crippen MR) is 197 cm³/mol. The third-order valence-corrected chi connectivity index (χ3v) is 19.2. The Bertz CT molecular complexity index is 511. The zero-order valence-corrected chi connectivity index (χ0v) is 31.5. The molecule has 0 rings (SSSR count). The van der Waals surface area contributed by atoms with E-state index in [1.807, 2.05) is 82.3 Å². The molecule has 0 aliphatic rings. The van der Waals surface area contributed by atoms with E-state index in [1.165, 1.54) is 23.5 Å². The molecule has 37 heavy (non-hydrogen) atoms. The van der Waals surface area contributed by atoms with Crippen LogP contribution in [0.25, 0.3) is 0 Å². The Morgan fingerprint density at radius 2 is 1.32 bits per heavy atom. The molecule has 222 valence electrons. The molecule has 0 fully saturated rings. The molecule has 0 aliphatic heterocycles. The predicted octanol–water partition coefficient (Wildman–Crippen LogP) is 7.55. The molecule has 0 spiro atoms. The molecule has 0 aromatic carbocycles. The van der Waals surface area contributed by atoms with Crippen LogP contribution in [-0.4, -0.2) is 107 Å². The van der Waals surface area contributed by atoms with E-state index < -0.39 is 10.8 Å². The van der Waals surface area contributed by atoms with Crippen LogP contribution in [-0.2, 0) is 25.4 Å². The van der Waals surface area contributed by atoms with E-state index in [-0.39, 0.29) is 11.1 Å². The summed E-state index contributed by atoms with van der Waals surface area (Å²) in [5, 5.41) is 17.4. The van der Waals surface area contributed by atoms with Gasteiger partial charge in [0.2, 0.25) is 0 Å². The van der Waals surface area contributed by atoms with E-state index in [2.05, 4.69) is 6.92 Å². The Balaban J connectivity index is 3.20. The molecule has 1 N–H and O–H groups in total. The standard InChI is InChI=1S/C19H38O5S13/c1-2-25-5-6-37(22)18-35-16-33-14-32-15-34-17-36-19(21)7-27-11-31-13-30-10-26-4-3-23-24-9-29-12-28-8-20/h20H,2-18H2,1H3. The van der Waals surface area contributed by atoms with Crippen molar-refractivity contribution in [2.75, 3.05) is 93.0 Å². The van der Waals surface area contributed by atoms with Gasteiger partial charge in [-0.2, -0.15) is 11.8 Å². The van der Waals surface area contributed by atoms with Gasteiger partial charge in [-0.1, -0.05) is 18.7 Å². The molecule has 1 atom stereocenters. The van der Waals surface area contributed by atoms with Gasteiger partial charge in [0.1, 0.15) is 5.94 Å². The lowest BCUT2D eigenvalue weighted by molar-refractivity contribution is -0.274. The van der Waals surface area contributed by atoms with Crippen LogP contribution < -0.4 is 0 Å². The van der Waals surface area contributed by atoms with Crippen LogP contribution >= 0.6 is 141 Å². The van der Waals surface area contributed by atoms with Crippen molar-refractivity contribution in [1.82, 2.24) is 0 Å². The van der Waals surface area contributed by atoms with Crippen LogP contribution in [0.4, 0.5) is 0 Å². The minimum absolute atomic E-state index is 0.140. The summed E-state index contributed by atoms with van der Waals surface area (Å²) >= 11 is 21.0. The maximum atomic E-state index is 12.0. The second-order valence-corrected chi connectivity index (χ2v) is 23.2. The first kappa shape index (κ1) is 40.9. The first-order valence-corrected chi connectivity index (χ1v) is 26.1. The van der Waals surface area contributed by atoms with Crippen molar-refractivity contribution in [3.05, 3.63) is 0 Å². The average Bonchev–Trinajstić information content (AvgIpc) is 2.89. The van der Waals surface area contributed by atoms with Crippen LogP contribution in [0.1, 0.15) is 6.92 Å². The normalized spacial score (nSPS) is 12.3. The summed E-state index contributed by atoms with van der Waals surface area (Å²) in [5.74, 6) is 5.04. The fraction of sp³-hybridized carbons (Fsp3) is 0.947. The van der Waals surface area contributed by atoms with Gasteiger partial charge in [-0.05, 0) is 5.75 Å². The number of thioether (sulfide) groups is 12. The zero-order valence-electron chi connectivity index (χ0n) is 20.9. The van der Waals surface area contributed by atoms with Gasteiger partial charge in [0, 0.05) is 68.7 Å². The summed E-state index contributed by atoms with van der Waals surface area (Å²) in [6.07, 6.45) is 0. The second-order valence-electron chi connectivity index (χ2n) is 5.99. The molecule has 5 nitrogen and oxygen atoms in total. The third-order valence-electron chi connectivity index (χ3n) is 3.18. The maximum absolute atomic E-state index is 12.0. The molecular weight excluding hydrogens is 725 g/mol. The Kier molecular flexibility index (Phi) is 39.9. The lowest BCUT2D eigenvalue weighted by atomic mass is 10.9. The lowest BCUT2D eigenvalue weighted by Crippen LogP contribution is -2.02. The van der Waals surface area contributed by atoms with E-state index in [0.29, 0.717) is 18.3 Å². The van der Waals surface area contributed by atoms with Gasteiger partial charge in [0.15, 0.2) is 5.12 Å². The Labute approximate surface area is 277 Å². The van der Waals surface area contributed by atoms with Gasteiger partial charge in [0.05, 0.1) is 23.4 Å². The van der Waals surface area contributed by atoms with E-state index in [1.54, 1.807) is 35.3 Å². The topological polar surface area (TPSA) is 72.8 Å². The van der Waals surface area contributed by atoms with Crippen molar-refractivity contribution < 1.29 is 23.9 Å². The van der Waals surface area contributed by atoms with Gasteiger partial charge < -0.3 is 5.11 Å². The largest absolute Gasteiger partial charge is 0.386 e. The van der Waals surface area contributed by atoms with Crippen molar-refractivity contribution >= 4 is 157 Å². The van der Waals surface area contributed by atoms with E-state index in [4.69, 9.17) is 14.9 Å². The number of hydrogen-bond donors (Lipinski definition) is 1. The highest BCUT2D eigenvalue weighted by Crippen LogP contribution is 2.25.